The van der Waals surface area contributed by atoms with Crippen LogP contribution in [0.5, 0.6) is 0 Å². The van der Waals surface area contributed by atoms with E-state index >= 15 is 0 Å². The summed E-state index contributed by atoms with van der Waals surface area (Å²) in [5, 5.41) is 0. The van der Waals surface area contributed by atoms with E-state index in [9.17, 15) is 0 Å². The molecule has 0 saturated heterocycles. The SMILES string of the molecule is C[CH][CH][CH]CCCCCCCCCCCCCCCC.C[CH][CH][CH]CCCCCCCCCCCCCCCC.[Cl][Pd+].[Cl][Pd+]. The molecule has 0 aliphatic rings. The Kier molecular flexibility index (Phi) is 72.2. The monoisotopic (exact) mass is 840 g/mol. The average Bonchev–Trinajstić information content (AvgIpc) is 3.06. The topological polar surface area (TPSA) is 0 Å². The molecule has 0 fully saturated rings. The molecule has 0 amide bonds. The van der Waals surface area contributed by atoms with Crippen LogP contribution >= 0.6 is 19.1 Å². The Morgan fingerprint density at radius 2 is 0.500 bits per heavy atom. The summed E-state index contributed by atoms with van der Waals surface area (Å²) in [5.74, 6) is 0. The van der Waals surface area contributed by atoms with Crippen LogP contribution in [-0.2, 0) is 36.4 Å². The van der Waals surface area contributed by atoms with Gasteiger partial charge in [-0.1, -0.05) is 207 Å². The van der Waals surface area contributed by atoms with Crippen LogP contribution in [0.3, 0.4) is 0 Å². The van der Waals surface area contributed by atoms with Crippen molar-refractivity contribution in [1.82, 2.24) is 0 Å². The van der Waals surface area contributed by atoms with E-state index in [0.717, 1.165) is 0 Å². The number of hydrogen-bond acceptors (Lipinski definition) is 0. The summed E-state index contributed by atoms with van der Waals surface area (Å²) in [6, 6.07) is 0. The standard InChI is InChI=1S/2C20H39.2ClH.2Pd/c2*1-3-5-7-9-11-13-15-17-19-20-18-16-14-12-10-8-6-4-2;;;;/h2*3,5,7H,4,6,8-20H2,1-2H3;2*1H;;/q;;;;2*+2/p-2. The maximum atomic E-state index is 4.49. The molecule has 0 atom stereocenters. The van der Waals surface area contributed by atoms with E-state index in [0.29, 0.717) is 0 Å². The Balaban J connectivity index is -0.000000326. The van der Waals surface area contributed by atoms with Crippen molar-refractivity contribution in [1.29, 1.82) is 0 Å². The van der Waals surface area contributed by atoms with Crippen molar-refractivity contribution in [3.8, 4) is 0 Å². The third-order valence-corrected chi connectivity index (χ3v) is 8.11. The van der Waals surface area contributed by atoms with Crippen molar-refractivity contribution in [2.24, 2.45) is 0 Å². The molecule has 0 aromatic rings. The first-order chi connectivity index (χ1) is 21.8. The van der Waals surface area contributed by atoms with Gasteiger partial charge < -0.3 is 0 Å². The molecule has 0 aromatic carbocycles. The summed E-state index contributed by atoms with van der Waals surface area (Å²) in [4.78, 5) is 0. The first-order valence-electron chi connectivity index (χ1n) is 19.0. The second kappa shape index (κ2) is 60.2. The zero-order chi connectivity index (χ0) is 33.5. The van der Waals surface area contributed by atoms with Crippen LogP contribution in [0.1, 0.15) is 220 Å². The van der Waals surface area contributed by atoms with Crippen molar-refractivity contribution in [2.45, 2.75) is 220 Å². The van der Waals surface area contributed by atoms with Gasteiger partial charge in [-0.15, -0.1) is 0 Å². The van der Waals surface area contributed by atoms with Crippen molar-refractivity contribution in [3.05, 3.63) is 38.5 Å². The molecule has 0 aliphatic heterocycles. The molecule has 0 rings (SSSR count). The molecule has 0 spiro atoms. The molecular weight excluding hydrogens is 764 g/mol. The van der Waals surface area contributed by atoms with E-state index in [1.807, 2.05) is 0 Å². The number of hydrogen-bond donors (Lipinski definition) is 0. The molecule has 0 aliphatic carbocycles. The third kappa shape index (κ3) is 62.7. The molecule has 0 unspecified atom stereocenters. The van der Waals surface area contributed by atoms with Crippen molar-refractivity contribution < 1.29 is 36.4 Å². The van der Waals surface area contributed by atoms with Crippen molar-refractivity contribution in [2.75, 3.05) is 0 Å². The quantitative estimate of drug-likeness (QED) is 0.0447. The summed E-state index contributed by atoms with van der Waals surface area (Å²) in [7, 11) is 8.98. The molecule has 0 nitrogen and oxygen atoms in total. The summed E-state index contributed by atoms with van der Waals surface area (Å²) >= 11 is 4.44. The zero-order valence-electron chi connectivity index (χ0n) is 30.1. The van der Waals surface area contributed by atoms with Gasteiger partial charge >= 0.3 is 55.4 Å². The van der Waals surface area contributed by atoms with Gasteiger partial charge in [0.1, 0.15) is 0 Å². The fraction of sp³-hybridized carbons (Fsp3) is 0.850. The van der Waals surface area contributed by atoms with Crippen LogP contribution in [0, 0.1) is 38.5 Å². The predicted molar refractivity (Wildman–Crippen MR) is 199 cm³/mol. The second-order valence-corrected chi connectivity index (χ2v) is 12.3. The van der Waals surface area contributed by atoms with Gasteiger partial charge in [0.05, 0.1) is 0 Å². The van der Waals surface area contributed by atoms with E-state index in [2.05, 4.69) is 122 Å². The van der Waals surface area contributed by atoms with Crippen LogP contribution in [0.4, 0.5) is 0 Å². The molecular formula is C40H78Cl2Pd2+2. The zero-order valence-corrected chi connectivity index (χ0v) is 34.7. The molecule has 0 aromatic heterocycles. The summed E-state index contributed by atoms with van der Waals surface area (Å²) in [6.07, 6.45) is 56.2. The van der Waals surface area contributed by atoms with Gasteiger partial charge in [-0.05, 0) is 51.4 Å². The van der Waals surface area contributed by atoms with Crippen LogP contribution in [0.2, 0.25) is 0 Å². The fourth-order valence-electron chi connectivity index (χ4n) is 5.38. The van der Waals surface area contributed by atoms with E-state index in [1.165, 1.54) is 193 Å². The molecule has 6 radical (unpaired) electrons. The van der Waals surface area contributed by atoms with Gasteiger partial charge in [0.15, 0.2) is 0 Å². The van der Waals surface area contributed by atoms with Gasteiger partial charge in [0.2, 0.25) is 0 Å². The number of rotatable bonds is 34. The molecule has 0 bridgehead atoms. The van der Waals surface area contributed by atoms with E-state index in [1.54, 1.807) is 0 Å². The Morgan fingerprint density at radius 1 is 0.318 bits per heavy atom. The molecule has 4 heteroatoms. The van der Waals surface area contributed by atoms with Gasteiger partial charge in [-0.2, -0.15) is 0 Å². The van der Waals surface area contributed by atoms with Gasteiger partial charge in [0.25, 0.3) is 0 Å². The molecule has 0 saturated carbocycles. The van der Waals surface area contributed by atoms with Crippen LogP contribution in [-0.4, -0.2) is 0 Å². The molecule has 0 N–H and O–H groups in total. The first kappa shape index (κ1) is 52.7. The van der Waals surface area contributed by atoms with Gasteiger partial charge in [-0.3, -0.25) is 0 Å². The molecule has 0 heterocycles. The van der Waals surface area contributed by atoms with Crippen LogP contribution < -0.4 is 0 Å². The van der Waals surface area contributed by atoms with E-state index in [4.69, 9.17) is 0 Å². The summed E-state index contributed by atoms with van der Waals surface area (Å²) in [6.45, 7) is 8.75. The number of unbranched alkanes of at least 4 members (excludes halogenated alkanes) is 34. The molecule has 270 valence electrons. The van der Waals surface area contributed by atoms with Crippen LogP contribution in [0.15, 0.2) is 0 Å². The summed E-state index contributed by atoms with van der Waals surface area (Å²) < 4.78 is 0. The Bertz CT molecular complexity index is 324. The minimum absolute atomic E-state index is 1.27. The second-order valence-electron chi connectivity index (χ2n) is 12.3. The average molecular weight is 843 g/mol. The Morgan fingerprint density at radius 3 is 0.682 bits per heavy atom. The molecule has 44 heavy (non-hydrogen) atoms. The van der Waals surface area contributed by atoms with Crippen molar-refractivity contribution in [3.63, 3.8) is 0 Å². The van der Waals surface area contributed by atoms with Crippen molar-refractivity contribution >= 4 is 19.1 Å². The van der Waals surface area contributed by atoms with E-state index < -0.39 is 0 Å². The normalized spacial score (nSPS) is 10.4. The third-order valence-electron chi connectivity index (χ3n) is 8.11. The van der Waals surface area contributed by atoms with Gasteiger partial charge in [-0.25, -0.2) is 0 Å². The van der Waals surface area contributed by atoms with E-state index in [-0.39, 0.29) is 0 Å². The summed E-state index contributed by atoms with van der Waals surface area (Å²) in [5.41, 5.74) is 0. The van der Waals surface area contributed by atoms with Crippen LogP contribution in [0.25, 0.3) is 0 Å². The predicted octanol–water partition coefficient (Wildman–Crippen LogP) is 16.4. The first-order valence-corrected chi connectivity index (χ1v) is 23.0. The minimum atomic E-state index is 1.27. The Hall–Kier alpha value is 1.90. The fourth-order valence-corrected chi connectivity index (χ4v) is 5.38. The number of halogens is 2. The Labute approximate surface area is 312 Å². The maximum absolute atomic E-state index is 4.49. The van der Waals surface area contributed by atoms with Gasteiger partial charge in [0, 0.05) is 0 Å².